The molecule has 32 heavy (non-hydrogen) atoms. The molecule has 3 rings (SSSR count). The summed E-state index contributed by atoms with van der Waals surface area (Å²) in [6.45, 7) is 8.33. The number of aromatic nitrogens is 3. The number of nitrogens with zero attached hydrogens (tertiary/aromatic N) is 3. The van der Waals surface area contributed by atoms with Crippen LogP contribution in [0.4, 0.5) is 5.69 Å². The van der Waals surface area contributed by atoms with E-state index in [4.69, 9.17) is 0 Å². The molecule has 0 aliphatic carbocycles. The lowest BCUT2D eigenvalue weighted by atomic mass is 10.1. The van der Waals surface area contributed by atoms with Crippen molar-refractivity contribution in [3.63, 3.8) is 0 Å². The smallest absolute Gasteiger partial charge is 0.251 e. The number of anilines is 1. The molecule has 0 aliphatic rings. The number of aryl methyl sites for hydroxylation is 2. The summed E-state index contributed by atoms with van der Waals surface area (Å²) < 4.78 is 2.83. The van der Waals surface area contributed by atoms with Gasteiger partial charge in [-0.3, -0.25) is 9.59 Å². The standard InChI is InChI=1S/C23H24BrN5O2S/c1-4-11-29-20(13-25-22(31)18-8-6-5-7-15(18)2)27-28-23(29)32-14-21(30)26-17-9-10-19(24)16(3)12-17/h4-10,12H,1,11,13-14H2,2-3H3,(H,25,31)(H,26,30). The van der Waals surface area contributed by atoms with Crippen LogP contribution in [0, 0.1) is 13.8 Å². The van der Waals surface area contributed by atoms with Crippen LogP contribution in [0.15, 0.2) is 64.7 Å². The van der Waals surface area contributed by atoms with Crippen LogP contribution in [0.3, 0.4) is 0 Å². The maximum Gasteiger partial charge on any atom is 0.251 e. The molecule has 0 saturated heterocycles. The maximum atomic E-state index is 12.5. The number of carbonyl (C=O) groups is 2. The summed E-state index contributed by atoms with van der Waals surface area (Å²) in [5, 5.41) is 14.8. The molecule has 0 atom stereocenters. The number of allylic oxidation sites excluding steroid dienone is 1. The molecule has 3 aromatic rings. The largest absolute Gasteiger partial charge is 0.345 e. The van der Waals surface area contributed by atoms with Crippen LogP contribution in [-0.2, 0) is 17.9 Å². The second kappa shape index (κ2) is 11.1. The van der Waals surface area contributed by atoms with Gasteiger partial charge in [0.1, 0.15) is 0 Å². The van der Waals surface area contributed by atoms with Crippen LogP contribution < -0.4 is 10.6 Å². The molecule has 1 heterocycles. The fourth-order valence-electron chi connectivity index (χ4n) is 3.00. The van der Waals surface area contributed by atoms with E-state index in [0.717, 1.165) is 21.3 Å². The van der Waals surface area contributed by atoms with E-state index in [0.29, 0.717) is 23.1 Å². The second-order valence-corrected chi connectivity index (χ2v) is 8.89. The van der Waals surface area contributed by atoms with E-state index in [-0.39, 0.29) is 24.1 Å². The molecule has 0 saturated carbocycles. The average Bonchev–Trinajstić information content (AvgIpc) is 3.15. The summed E-state index contributed by atoms with van der Waals surface area (Å²) in [4.78, 5) is 24.9. The highest BCUT2D eigenvalue weighted by molar-refractivity contribution is 9.10. The second-order valence-electron chi connectivity index (χ2n) is 7.10. The highest BCUT2D eigenvalue weighted by Gasteiger charge is 2.15. The monoisotopic (exact) mass is 513 g/mol. The number of hydrogen-bond acceptors (Lipinski definition) is 5. The van der Waals surface area contributed by atoms with E-state index < -0.39 is 0 Å². The van der Waals surface area contributed by atoms with Crippen molar-refractivity contribution in [2.24, 2.45) is 0 Å². The first-order chi connectivity index (χ1) is 15.4. The number of benzene rings is 2. The van der Waals surface area contributed by atoms with E-state index in [1.54, 1.807) is 12.1 Å². The van der Waals surface area contributed by atoms with Gasteiger partial charge < -0.3 is 15.2 Å². The zero-order chi connectivity index (χ0) is 23.1. The van der Waals surface area contributed by atoms with Gasteiger partial charge in [-0.25, -0.2) is 0 Å². The van der Waals surface area contributed by atoms with Gasteiger partial charge in [0.05, 0.1) is 12.3 Å². The molecule has 0 radical (unpaired) electrons. The molecule has 9 heteroatoms. The Hall–Kier alpha value is -2.91. The Morgan fingerprint density at radius 2 is 1.94 bits per heavy atom. The predicted molar refractivity (Wildman–Crippen MR) is 131 cm³/mol. The van der Waals surface area contributed by atoms with Gasteiger partial charge in [-0.15, -0.1) is 16.8 Å². The first-order valence-corrected chi connectivity index (χ1v) is 11.7. The third-order valence-electron chi connectivity index (χ3n) is 4.68. The van der Waals surface area contributed by atoms with Crippen LogP contribution in [0.25, 0.3) is 0 Å². The van der Waals surface area contributed by atoms with Gasteiger partial charge in [0.2, 0.25) is 5.91 Å². The first-order valence-electron chi connectivity index (χ1n) is 9.94. The Balaban J connectivity index is 1.61. The Labute approximate surface area is 199 Å². The lowest BCUT2D eigenvalue weighted by Crippen LogP contribution is -2.25. The summed E-state index contributed by atoms with van der Waals surface area (Å²) >= 11 is 4.73. The quantitative estimate of drug-likeness (QED) is 0.324. The molecule has 0 spiro atoms. The van der Waals surface area contributed by atoms with Crippen molar-refractivity contribution in [2.45, 2.75) is 32.1 Å². The highest BCUT2D eigenvalue weighted by atomic mass is 79.9. The number of halogens is 1. The fraction of sp³-hybridized carbons (Fsp3) is 0.217. The molecule has 0 unspecified atom stereocenters. The summed E-state index contributed by atoms with van der Waals surface area (Å²) in [5.74, 6) is 0.465. The van der Waals surface area contributed by atoms with Crippen molar-refractivity contribution in [2.75, 3.05) is 11.1 Å². The average molecular weight is 514 g/mol. The minimum Gasteiger partial charge on any atom is -0.345 e. The molecule has 0 bridgehead atoms. The Morgan fingerprint density at radius 3 is 2.66 bits per heavy atom. The van der Waals surface area contributed by atoms with E-state index >= 15 is 0 Å². The molecule has 2 N–H and O–H groups in total. The number of rotatable bonds is 9. The van der Waals surface area contributed by atoms with Crippen molar-refractivity contribution in [1.29, 1.82) is 0 Å². The van der Waals surface area contributed by atoms with Gasteiger partial charge in [-0.1, -0.05) is 52.0 Å². The van der Waals surface area contributed by atoms with E-state index in [2.05, 4.69) is 43.3 Å². The lowest BCUT2D eigenvalue weighted by molar-refractivity contribution is -0.113. The molecule has 0 aliphatic heterocycles. The number of nitrogens with one attached hydrogen (secondary N) is 2. The van der Waals surface area contributed by atoms with E-state index in [1.165, 1.54) is 11.8 Å². The van der Waals surface area contributed by atoms with Crippen molar-refractivity contribution < 1.29 is 9.59 Å². The maximum absolute atomic E-state index is 12.5. The molecule has 0 fully saturated rings. The summed E-state index contributed by atoms with van der Waals surface area (Å²) in [5.41, 5.74) is 3.31. The minimum absolute atomic E-state index is 0.140. The molecular weight excluding hydrogens is 490 g/mol. The van der Waals surface area contributed by atoms with Crippen LogP contribution >= 0.6 is 27.7 Å². The van der Waals surface area contributed by atoms with E-state index in [9.17, 15) is 9.59 Å². The van der Waals surface area contributed by atoms with Crippen LogP contribution in [0.1, 0.15) is 27.3 Å². The van der Waals surface area contributed by atoms with Crippen LogP contribution in [0.2, 0.25) is 0 Å². The van der Waals surface area contributed by atoms with Gasteiger partial charge in [-0.05, 0) is 49.2 Å². The first kappa shape index (κ1) is 23.7. The molecule has 7 nitrogen and oxygen atoms in total. The predicted octanol–water partition coefficient (Wildman–Crippen LogP) is 4.50. The molecule has 2 amide bonds. The Kier molecular flexibility index (Phi) is 8.24. The van der Waals surface area contributed by atoms with Crippen molar-refractivity contribution in [3.05, 3.63) is 82.1 Å². The Morgan fingerprint density at radius 1 is 1.16 bits per heavy atom. The normalized spacial score (nSPS) is 10.6. The molecule has 1 aromatic heterocycles. The van der Waals surface area contributed by atoms with Crippen LogP contribution in [0.5, 0.6) is 0 Å². The topological polar surface area (TPSA) is 88.9 Å². The van der Waals surface area contributed by atoms with E-state index in [1.807, 2.05) is 54.8 Å². The van der Waals surface area contributed by atoms with Gasteiger partial charge in [0.15, 0.2) is 11.0 Å². The van der Waals surface area contributed by atoms with Crippen molar-refractivity contribution in [1.82, 2.24) is 20.1 Å². The molecule has 166 valence electrons. The number of hydrogen-bond donors (Lipinski definition) is 2. The van der Waals surface area contributed by atoms with Crippen molar-refractivity contribution in [3.8, 4) is 0 Å². The fourth-order valence-corrected chi connectivity index (χ4v) is 4.01. The van der Waals surface area contributed by atoms with Crippen molar-refractivity contribution >= 4 is 45.2 Å². The number of amides is 2. The zero-order valence-electron chi connectivity index (χ0n) is 17.9. The lowest BCUT2D eigenvalue weighted by Gasteiger charge is -2.10. The SMILES string of the molecule is C=CCn1c(CNC(=O)c2ccccc2C)nnc1SCC(=O)Nc1ccc(Br)c(C)c1. The van der Waals surface area contributed by atoms with Gasteiger partial charge in [0, 0.05) is 22.3 Å². The summed E-state index contributed by atoms with van der Waals surface area (Å²) in [6, 6.07) is 13.0. The van der Waals surface area contributed by atoms with Gasteiger partial charge in [-0.2, -0.15) is 0 Å². The van der Waals surface area contributed by atoms with Gasteiger partial charge in [0.25, 0.3) is 5.91 Å². The van der Waals surface area contributed by atoms with Gasteiger partial charge >= 0.3 is 0 Å². The summed E-state index contributed by atoms with van der Waals surface area (Å²) in [7, 11) is 0. The number of thioether (sulfide) groups is 1. The zero-order valence-corrected chi connectivity index (χ0v) is 20.3. The third kappa shape index (κ3) is 6.08. The number of carbonyl (C=O) groups excluding carboxylic acids is 2. The minimum atomic E-state index is -0.172. The molecule has 2 aromatic carbocycles. The van der Waals surface area contributed by atoms with Crippen LogP contribution in [-0.4, -0.2) is 32.3 Å². The Bertz CT molecular complexity index is 1150. The third-order valence-corrected chi connectivity index (χ3v) is 6.53. The molecular formula is C23H24BrN5O2S. The highest BCUT2D eigenvalue weighted by Crippen LogP contribution is 2.21. The summed E-state index contributed by atoms with van der Waals surface area (Å²) in [6.07, 6.45) is 1.73.